The standard InChI is InChI=1S/C6H10O2S/c1-3-5(2)4-8-6(7)9/h3H,4H2,1-2H3,(H,7,9). The highest BCUT2D eigenvalue weighted by molar-refractivity contribution is 7.96. The average Bonchev–Trinajstić information content (AvgIpc) is 1.83. The smallest absolute Gasteiger partial charge is 0.364 e. The lowest BCUT2D eigenvalue weighted by Crippen LogP contribution is -1.96. The Balaban J connectivity index is 3.39. The molecule has 0 aromatic carbocycles. The van der Waals surface area contributed by atoms with Crippen LogP contribution in [0.15, 0.2) is 11.6 Å². The van der Waals surface area contributed by atoms with Gasteiger partial charge >= 0.3 is 5.30 Å². The molecule has 0 heterocycles. The zero-order chi connectivity index (χ0) is 7.28. The van der Waals surface area contributed by atoms with Gasteiger partial charge in [0, 0.05) is 0 Å². The molecule has 9 heavy (non-hydrogen) atoms. The van der Waals surface area contributed by atoms with Crippen LogP contribution in [0.3, 0.4) is 0 Å². The lowest BCUT2D eigenvalue weighted by atomic mass is 10.3. The predicted octanol–water partition coefficient (Wildman–Crippen LogP) is 2.02. The summed E-state index contributed by atoms with van der Waals surface area (Å²) < 4.78 is 4.55. The first kappa shape index (κ1) is 8.56. The molecule has 0 amide bonds. The Labute approximate surface area is 60.3 Å². The van der Waals surface area contributed by atoms with Gasteiger partial charge in [0.1, 0.15) is 6.61 Å². The van der Waals surface area contributed by atoms with Gasteiger partial charge in [0.15, 0.2) is 0 Å². The molecule has 0 fully saturated rings. The third kappa shape index (κ3) is 5.43. The van der Waals surface area contributed by atoms with E-state index in [0.717, 1.165) is 5.57 Å². The van der Waals surface area contributed by atoms with Crippen LogP contribution in [0.5, 0.6) is 0 Å². The monoisotopic (exact) mass is 146 g/mol. The highest BCUT2D eigenvalue weighted by Crippen LogP contribution is 1.94. The number of carbonyl (C=O) groups is 1. The quantitative estimate of drug-likeness (QED) is 0.366. The third-order valence-electron chi connectivity index (χ3n) is 0.916. The van der Waals surface area contributed by atoms with E-state index in [4.69, 9.17) is 0 Å². The molecular formula is C6H10O2S. The topological polar surface area (TPSA) is 26.3 Å². The van der Waals surface area contributed by atoms with Gasteiger partial charge in [-0.3, -0.25) is 0 Å². The number of carbonyl (C=O) groups excluding carboxylic acids is 1. The maximum atomic E-state index is 10.1. The lowest BCUT2D eigenvalue weighted by molar-refractivity contribution is 0.185. The molecule has 0 aromatic heterocycles. The van der Waals surface area contributed by atoms with E-state index >= 15 is 0 Å². The molecule has 0 aliphatic carbocycles. The molecule has 0 bridgehead atoms. The van der Waals surface area contributed by atoms with Crippen molar-refractivity contribution in [3.63, 3.8) is 0 Å². The summed E-state index contributed by atoms with van der Waals surface area (Å²) in [7, 11) is 0. The SMILES string of the molecule is CC=C(C)COC(=O)S. The van der Waals surface area contributed by atoms with Gasteiger partial charge in [-0.25, -0.2) is 4.79 Å². The Hall–Kier alpha value is -0.440. The Kier molecular flexibility index (Phi) is 4.22. The molecule has 0 aliphatic rings. The van der Waals surface area contributed by atoms with E-state index in [2.05, 4.69) is 17.4 Å². The van der Waals surface area contributed by atoms with Crippen LogP contribution in [0, 0.1) is 0 Å². The summed E-state index contributed by atoms with van der Waals surface area (Å²) in [6.07, 6.45) is 1.89. The minimum atomic E-state index is -0.531. The summed E-state index contributed by atoms with van der Waals surface area (Å²) in [5.74, 6) is 0. The molecule has 0 aliphatic heterocycles. The molecule has 3 heteroatoms. The third-order valence-corrected chi connectivity index (χ3v) is 1.05. The van der Waals surface area contributed by atoms with Crippen LogP contribution in [-0.2, 0) is 4.74 Å². The van der Waals surface area contributed by atoms with Crippen LogP contribution >= 0.6 is 12.6 Å². The van der Waals surface area contributed by atoms with Crippen LogP contribution in [0.2, 0.25) is 0 Å². The first-order chi connectivity index (χ1) is 4.16. The minimum Gasteiger partial charge on any atom is -0.453 e. The molecule has 0 atom stereocenters. The van der Waals surface area contributed by atoms with Gasteiger partial charge in [-0.05, 0) is 19.4 Å². The second-order valence-corrected chi connectivity index (χ2v) is 2.05. The number of rotatable bonds is 2. The molecule has 0 spiro atoms. The predicted molar refractivity (Wildman–Crippen MR) is 39.8 cm³/mol. The second kappa shape index (κ2) is 4.44. The minimum absolute atomic E-state index is 0.346. The second-order valence-electron chi connectivity index (χ2n) is 1.69. The van der Waals surface area contributed by atoms with Crippen molar-refractivity contribution in [2.24, 2.45) is 0 Å². The number of ether oxygens (including phenoxy) is 1. The van der Waals surface area contributed by atoms with Crippen molar-refractivity contribution in [3.05, 3.63) is 11.6 Å². The summed E-state index contributed by atoms with van der Waals surface area (Å²) in [5, 5.41) is -0.531. The van der Waals surface area contributed by atoms with E-state index in [1.807, 2.05) is 19.9 Å². The van der Waals surface area contributed by atoms with E-state index in [9.17, 15) is 4.79 Å². The van der Waals surface area contributed by atoms with E-state index in [0.29, 0.717) is 6.61 Å². The molecule has 52 valence electrons. The van der Waals surface area contributed by atoms with E-state index < -0.39 is 5.30 Å². The van der Waals surface area contributed by atoms with Crippen LogP contribution in [-0.4, -0.2) is 11.9 Å². The Morgan fingerprint density at radius 3 is 2.67 bits per heavy atom. The highest BCUT2D eigenvalue weighted by Gasteiger charge is 1.91. The van der Waals surface area contributed by atoms with Gasteiger partial charge in [0.25, 0.3) is 0 Å². The van der Waals surface area contributed by atoms with Gasteiger partial charge < -0.3 is 4.74 Å². The summed E-state index contributed by atoms with van der Waals surface area (Å²) in [6.45, 7) is 4.12. The molecule has 0 radical (unpaired) electrons. The molecular weight excluding hydrogens is 136 g/mol. The first-order valence-electron chi connectivity index (χ1n) is 2.64. The fourth-order valence-electron chi connectivity index (χ4n) is 0.259. The number of hydrogen-bond acceptors (Lipinski definition) is 2. The fourth-order valence-corrected chi connectivity index (χ4v) is 0.323. The normalized spacial score (nSPS) is 11.2. The Morgan fingerprint density at radius 1 is 1.78 bits per heavy atom. The van der Waals surface area contributed by atoms with Crippen molar-refractivity contribution < 1.29 is 9.53 Å². The molecule has 0 saturated carbocycles. The van der Waals surface area contributed by atoms with Crippen molar-refractivity contribution in [1.82, 2.24) is 0 Å². The summed E-state index contributed by atoms with van der Waals surface area (Å²) in [6, 6.07) is 0. The van der Waals surface area contributed by atoms with Crippen LogP contribution < -0.4 is 0 Å². The molecule has 2 nitrogen and oxygen atoms in total. The van der Waals surface area contributed by atoms with Gasteiger partial charge in [0.05, 0.1) is 0 Å². The van der Waals surface area contributed by atoms with Crippen LogP contribution in [0.4, 0.5) is 4.79 Å². The van der Waals surface area contributed by atoms with Crippen molar-refractivity contribution in [1.29, 1.82) is 0 Å². The zero-order valence-electron chi connectivity index (χ0n) is 5.55. The van der Waals surface area contributed by atoms with E-state index in [1.165, 1.54) is 0 Å². The molecule has 0 N–H and O–H groups in total. The molecule has 0 saturated heterocycles. The number of allylic oxidation sites excluding steroid dienone is 1. The number of thiol groups is 1. The maximum absolute atomic E-state index is 10.1. The zero-order valence-corrected chi connectivity index (χ0v) is 6.44. The van der Waals surface area contributed by atoms with Crippen molar-refractivity contribution in [3.8, 4) is 0 Å². The summed E-state index contributed by atoms with van der Waals surface area (Å²) >= 11 is 3.42. The largest absolute Gasteiger partial charge is 0.453 e. The molecule has 0 aromatic rings. The maximum Gasteiger partial charge on any atom is 0.364 e. The lowest BCUT2D eigenvalue weighted by Gasteiger charge is -1.98. The van der Waals surface area contributed by atoms with E-state index in [-0.39, 0.29) is 0 Å². The van der Waals surface area contributed by atoms with Gasteiger partial charge in [-0.2, -0.15) is 0 Å². The molecule has 0 rings (SSSR count). The van der Waals surface area contributed by atoms with Gasteiger partial charge in [-0.15, -0.1) is 0 Å². The Morgan fingerprint density at radius 2 is 2.33 bits per heavy atom. The van der Waals surface area contributed by atoms with Crippen LogP contribution in [0.1, 0.15) is 13.8 Å². The highest BCUT2D eigenvalue weighted by atomic mass is 32.1. The van der Waals surface area contributed by atoms with Crippen molar-refractivity contribution in [2.75, 3.05) is 6.61 Å². The van der Waals surface area contributed by atoms with Crippen molar-refractivity contribution in [2.45, 2.75) is 13.8 Å². The van der Waals surface area contributed by atoms with Gasteiger partial charge in [0.2, 0.25) is 0 Å². The average molecular weight is 146 g/mol. The molecule has 0 unspecified atom stereocenters. The van der Waals surface area contributed by atoms with Crippen LogP contribution in [0.25, 0.3) is 0 Å². The fraction of sp³-hybridized carbons (Fsp3) is 0.500. The number of hydrogen-bond donors (Lipinski definition) is 1. The first-order valence-corrected chi connectivity index (χ1v) is 3.09. The van der Waals surface area contributed by atoms with E-state index in [1.54, 1.807) is 0 Å². The summed E-state index contributed by atoms with van der Waals surface area (Å²) in [4.78, 5) is 10.1. The summed E-state index contributed by atoms with van der Waals surface area (Å²) in [5.41, 5.74) is 1.03. The van der Waals surface area contributed by atoms with Gasteiger partial charge in [-0.1, -0.05) is 18.7 Å². The Bertz CT molecular complexity index is 129. The van der Waals surface area contributed by atoms with Crippen molar-refractivity contribution >= 4 is 17.9 Å².